The lowest BCUT2D eigenvalue weighted by Gasteiger charge is -2.11. The molecule has 1 heterocycles. The lowest BCUT2D eigenvalue weighted by Crippen LogP contribution is -2.08. The summed E-state index contributed by atoms with van der Waals surface area (Å²) >= 11 is 0. The second kappa shape index (κ2) is 5.40. The second-order valence-electron chi connectivity index (χ2n) is 6.16. The molecule has 1 aliphatic heterocycles. The van der Waals surface area contributed by atoms with Gasteiger partial charge < -0.3 is 14.6 Å². The van der Waals surface area contributed by atoms with E-state index in [1.54, 1.807) is 18.2 Å². The molecular formula is C18H13F3O4. The van der Waals surface area contributed by atoms with Gasteiger partial charge in [0.1, 0.15) is 30.1 Å². The maximum absolute atomic E-state index is 12.5. The van der Waals surface area contributed by atoms with Gasteiger partial charge in [-0.05, 0) is 23.8 Å². The summed E-state index contributed by atoms with van der Waals surface area (Å²) < 4.78 is 48.8. The van der Waals surface area contributed by atoms with Crippen molar-refractivity contribution in [3.05, 3.63) is 59.2 Å². The van der Waals surface area contributed by atoms with E-state index in [0.29, 0.717) is 17.1 Å². The van der Waals surface area contributed by atoms with Gasteiger partial charge in [0, 0.05) is 17.5 Å². The van der Waals surface area contributed by atoms with Crippen LogP contribution in [0.4, 0.5) is 13.2 Å². The molecule has 0 bridgehead atoms. The largest absolute Gasteiger partial charge is 0.489 e. The van der Waals surface area contributed by atoms with Crippen LogP contribution in [0.3, 0.4) is 0 Å². The highest BCUT2D eigenvalue weighted by molar-refractivity contribution is 5.79. The molecule has 1 saturated carbocycles. The van der Waals surface area contributed by atoms with E-state index in [4.69, 9.17) is 14.6 Å². The predicted molar refractivity (Wildman–Crippen MR) is 80.5 cm³/mol. The smallest absolute Gasteiger partial charge is 0.416 e. The van der Waals surface area contributed by atoms with Gasteiger partial charge in [0.15, 0.2) is 0 Å². The van der Waals surface area contributed by atoms with Crippen molar-refractivity contribution in [2.45, 2.75) is 24.8 Å². The molecule has 4 nitrogen and oxygen atoms in total. The third-order valence-electron chi connectivity index (χ3n) is 4.53. The van der Waals surface area contributed by atoms with Crippen molar-refractivity contribution < 1.29 is 32.5 Å². The zero-order valence-corrected chi connectivity index (χ0v) is 12.8. The van der Waals surface area contributed by atoms with Crippen LogP contribution in [0.1, 0.15) is 22.6 Å². The number of ether oxygens (including phenoxy) is 2. The summed E-state index contributed by atoms with van der Waals surface area (Å²) in [5.74, 6) is -0.310. The van der Waals surface area contributed by atoms with E-state index < -0.39 is 23.6 Å². The van der Waals surface area contributed by atoms with Crippen molar-refractivity contribution in [2.24, 2.45) is 5.92 Å². The summed E-state index contributed by atoms with van der Waals surface area (Å²) in [6.45, 7) is 0.127. The maximum atomic E-state index is 12.5. The summed E-state index contributed by atoms with van der Waals surface area (Å²) in [5.41, 5.74) is 0.775. The summed E-state index contributed by atoms with van der Waals surface area (Å²) in [6.07, 6.45) is -4.66. The summed E-state index contributed by atoms with van der Waals surface area (Å²) in [4.78, 5) is 11.0. The fourth-order valence-corrected chi connectivity index (χ4v) is 3.18. The number of aliphatic carboxylic acids is 1. The summed E-state index contributed by atoms with van der Waals surface area (Å²) in [6, 6.07) is 9.97. The molecule has 0 amide bonds. The van der Waals surface area contributed by atoms with Crippen molar-refractivity contribution in [1.82, 2.24) is 0 Å². The quantitative estimate of drug-likeness (QED) is 0.910. The molecule has 0 aromatic heterocycles. The predicted octanol–water partition coefficient (Wildman–Crippen LogP) is 3.84. The van der Waals surface area contributed by atoms with Gasteiger partial charge in [-0.25, -0.2) is 0 Å². The Kier molecular flexibility index (Phi) is 3.42. The zero-order valence-electron chi connectivity index (χ0n) is 12.8. The maximum Gasteiger partial charge on any atom is 0.416 e. The minimum atomic E-state index is -4.36. The lowest BCUT2D eigenvalue weighted by molar-refractivity contribution is -0.139. The molecule has 1 fully saturated rings. The van der Waals surface area contributed by atoms with Crippen LogP contribution in [0.5, 0.6) is 11.5 Å². The first-order valence-corrected chi connectivity index (χ1v) is 7.67. The molecule has 130 valence electrons. The van der Waals surface area contributed by atoms with Gasteiger partial charge in [-0.15, -0.1) is 0 Å². The van der Waals surface area contributed by atoms with E-state index in [2.05, 4.69) is 0 Å². The van der Waals surface area contributed by atoms with Crippen LogP contribution in [0, 0.1) is 5.92 Å². The molecular weight excluding hydrogens is 337 g/mol. The van der Waals surface area contributed by atoms with E-state index >= 15 is 0 Å². The van der Waals surface area contributed by atoms with Crippen LogP contribution < -0.4 is 9.47 Å². The standard InChI is InChI=1S/C18H13F3O4/c19-18(20,21)10-3-1-9(2-4-10)8-24-11-5-6-12-13(7-11)25-16-14(12)15(16)17(22)23/h1-7,14-16H,8H2,(H,22,23)/t14-,15-,16-/m1/s1. The Labute approximate surface area is 140 Å². The topological polar surface area (TPSA) is 55.8 Å². The minimum Gasteiger partial charge on any atom is -0.489 e. The molecule has 4 rings (SSSR count). The molecule has 2 aliphatic rings. The molecule has 3 atom stereocenters. The van der Waals surface area contributed by atoms with Gasteiger partial charge in [-0.3, -0.25) is 4.79 Å². The highest BCUT2D eigenvalue weighted by Crippen LogP contribution is 2.58. The second-order valence-corrected chi connectivity index (χ2v) is 6.16. The minimum absolute atomic E-state index is 0.100. The third-order valence-corrected chi connectivity index (χ3v) is 4.53. The zero-order chi connectivity index (χ0) is 17.8. The Hall–Kier alpha value is -2.70. The van der Waals surface area contributed by atoms with E-state index in [9.17, 15) is 18.0 Å². The fourth-order valence-electron chi connectivity index (χ4n) is 3.18. The number of carbonyl (C=O) groups is 1. The van der Waals surface area contributed by atoms with Crippen molar-refractivity contribution in [2.75, 3.05) is 0 Å². The van der Waals surface area contributed by atoms with Crippen molar-refractivity contribution in [3.8, 4) is 11.5 Å². The number of alkyl halides is 3. The highest BCUT2D eigenvalue weighted by atomic mass is 19.4. The van der Waals surface area contributed by atoms with Gasteiger partial charge in [-0.2, -0.15) is 13.2 Å². The fraction of sp³-hybridized carbons (Fsp3) is 0.278. The number of benzene rings is 2. The first-order chi connectivity index (χ1) is 11.8. The third kappa shape index (κ3) is 2.79. The van der Waals surface area contributed by atoms with Crippen LogP contribution in [0.15, 0.2) is 42.5 Å². The molecule has 0 radical (unpaired) electrons. The first kappa shape index (κ1) is 15.8. The van der Waals surface area contributed by atoms with E-state index in [1.165, 1.54) is 12.1 Å². The van der Waals surface area contributed by atoms with Gasteiger partial charge in [0.05, 0.1) is 5.56 Å². The molecule has 1 N–H and O–H groups in total. The Bertz CT molecular complexity index is 829. The van der Waals surface area contributed by atoms with E-state index in [0.717, 1.165) is 17.7 Å². The normalized spacial score (nSPS) is 23.4. The number of fused-ring (bicyclic) bond motifs is 3. The summed E-state index contributed by atoms with van der Waals surface area (Å²) in [7, 11) is 0. The monoisotopic (exact) mass is 350 g/mol. The van der Waals surface area contributed by atoms with Crippen LogP contribution in [-0.4, -0.2) is 17.2 Å². The Morgan fingerprint density at radius 1 is 1.16 bits per heavy atom. The van der Waals surface area contributed by atoms with Crippen LogP contribution in [0.25, 0.3) is 0 Å². The van der Waals surface area contributed by atoms with E-state index in [1.807, 2.05) is 0 Å². The number of hydrogen-bond acceptors (Lipinski definition) is 3. The molecule has 7 heteroatoms. The Morgan fingerprint density at radius 2 is 1.88 bits per heavy atom. The van der Waals surface area contributed by atoms with Crippen molar-refractivity contribution in [3.63, 3.8) is 0 Å². The average molecular weight is 350 g/mol. The Morgan fingerprint density at radius 3 is 2.52 bits per heavy atom. The Balaban J connectivity index is 1.41. The number of halogens is 3. The van der Waals surface area contributed by atoms with Crippen LogP contribution >= 0.6 is 0 Å². The highest BCUT2D eigenvalue weighted by Gasteiger charge is 2.63. The molecule has 0 unspecified atom stereocenters. The van der Waals surface area contributed by atoms with E-state index in [-0.39, 0.29) is 18.6 Å². The molecule has 2 aromatic rings. The summed E-state index contributed by atoms with van der Waals surface area (Å²) in [5, 5.41) is 9.04. The van der Waals surface area contributed by atoms with Gasteiger partial charge >= 0.3 is 12.1 Å². The molecule has 2 aromatic carbocycles. The number of rotatable bonds is 4. The number of hydrogen-bond donors (Lipinski definition) is 1. The lowest BCUT2D eigenvalue weighted by atomic mass is 10.1. The van der Waals surface area contributed by atoms with Gasteiger partial charge in [-0.1, -0.05) is 18.2 Å². The van der Waals surface area contributed by atoms with Gasteiger partial charge in [0.2, 0.25) is 0 Å². The van der Waals surface area contributed by atoms with Crippen molar-refractivity contribution >= 4 is 5.97 Å². The van der Waals surface area contributed by atoms with Crippen molar-refractivity contribution in [1.29, 1.82) is 0 Å². The molecule has 0 saturated heterocycles. The average Bonchev–Trinajstić information content (AvgIpc) is 3.16. The molecule has 0 spiro atoms. The number of carboxylic acid groups (broad SMARTS) is 1. The molecule has 1 aliphatic carbocycles. The van der Waals surface area contributed by atoms with Gasteiger partial charge in [0.25, 0.3) is 0 Å². The first-order valence-electron chi connectivity index (χ1n) is 7.67. The van der Waals surface area contributed by atoms with Crippen LogP contribution in [-0.2, 0) is 17.6 Å². The van der Waals surface area contributed by atoms with Crippen LogP contribution in [0.2, 0.25) is 0 Å². The SMILES string of the molecule is O=C(O)[C@H]1[C@@H]2Oc3cc(OCc4ccc(C(F)(F)F)cc4)ccc3[C@@H]21. The number of carboxylic acids is 1. The molecule has 25 heavy (non-hydrogen) atoms.